The first-order valence-electron chi connectivity index (χ1n) is 6.97. The van der Waals surface area contributed by atoms with Crippen LogP contribution in [0.4, 0.5) is 5.82 Å². The summed E-state index contributed by atoms with van der Waals surface area (Å²) in [5.41, 5.74) is 0.880. The van der Waals surface area contributed by atoms with Crippen LogP contribution in [0.5, 0.6) is 0 Å². The number of anilines is 1. The maximum atomic E-state index is 5.98. The van der Waals surface area contributed by atoms with Gasteiger partial charge in [0.1, 0.15) is 5.82 Å². The van der Waals surface area contributed by atoms with Crippen LogP contribution in [0.1, 0.15) is 5.69 Å². The summed E-state index contributed by atoms with van der Waals surface area (Å²) in [6.07, 6.45) is 0. The highest BCUT2D eigenvalue weighted by Crippen LogP contribution is 2.26. The summed E-state index contributed by atoms with van der Waals surface area (Å²) in [6, 6.07) is 10.3. The molecule has 0 unspecified atom stereocenters. The van der Waals surface area contributed by atoms with E-state index in [1.54, 1.807) is 14.2 Å². The highest BCUT2D eigenvalue weighted by molar-refractivity contribution is 6.17. The van der Waals surface area contributed by atoms with Gasteiger partial charge in [0.25, 0.3) is 0 Å². The van der Waals surface area contributed by atoms with E-state index in [1.165, 1.54) is 0 Å². The molecule has 5 heteroatoms. The lowest BCUT2D eigenvalue weighted by atomic mass is 10.1. The first-order chi connectivity index (χ1) is 10.3. The Balaban J connectivity index is 2.43. The Labute approximate surface area is 130 Å². The summed E-state index contributed by atoms with van der Waals surface area (Å²) in [6.45, 7) is 2.82. The topological polar surface area (TPSA) is 34.6 Å². The summed E-state index contributed by atoms with van der Waals surface area (Å²) in [5.74, 6) is 1.35. The Kier molecular flexibility index (Phi) is 6.23. The van der Waals surface area contributed by atoms with Gasteiger partial charge < -0.3 is 14.4 Å². The fraction of sp³-hybridized carbons (Fsp3) is 0.438. The van der Waals surface area contributed by atoms with Crippen LogP contribution in [0.25, 0.3) is 10.8 Å². The average molecular weight is 309 g/mol. The van der Waals surface area contributed by atoms with Gasteiger partial charge in [0, 0.05) is 32.7 Å². The Morgan fingerprint density at radius 3 is 2.38 bits per heavy atom. The van der Waals surface area contributed by atoms with Gasteiger partial charge >= 0.3 is 0 Å². The van der Waals surface area contributed by atoms with Crippen molar-refractivity contribution in [2.24, 2.45) is 0 Å². The lowest BCUT2D eigenvalue weighted by molar-refractivity contribution is 0.190. The van der Waals surface area contributed by atoms with E-state index in [-0.39, 0.29) is 0 Å². The monoisotopic (exact) mass is 308 g/mol. The van der Waals surface area contributed by atoms with Crippen molar-refractivity contribution >= 4 is 28.2 Å². The second-order valence-electron chi connectivity index (χ2n) is 4.76. The Morgan fingerprint density at radius 2 is 1.76 bits per heavy atom. The molecule has 0 aliphatic carbocycles. The van der Waals surface area contributed by atoms with Crippen LogP contribution >= 0.6 is 11.6 Å². The van der Waals surface area contributed by atoms with Gasteiger partial charge in [-0.25, -0.2) is 4.98 Å². The van der Waals surface area contributed by atoms with Crippen molar-refractivity contribution in [1.82, 2.24) is 4.98 Å². The number of rotatable bonds is 8. The van der Waals surface area contributed by atoms with E-state index in [2.05, 4.69) is 17.0 Å². The number of methoxy groups -OCH3 is 2. The highest BCUT2D eigenvalue weighted by Gasteiger charge is 2.13. The zero-order valence-electron chi connectivity index (χ0n) is 12.5. The number of ether oxygens (including phenoxy) is 2. The Bertz CT molecular complexity index is 569. The molecule has 0 radical (unpaired) electrons. The molecule has 0 fully saturated rings. The van der Waals surface area contributed by atoms with Crippen LogP contribution in [0.3, 0.4) is 0 Å². The molecule has 0 aliphatic heterocycles. The molecule has 0 atom stereocenters. The van der Waals surface area contributed by atoms with E-state index in [9.17, 15) is 0 Å². The number of benzene rings is 1. The second kappa shape index (κ2) is 8.17. The molecule has 2 aromatic rings. The van der Waals surface area contributed by atoms with Gasteiger partial charge in [-0.05, 0) is 11.5 Å². The van der Waals surface area contributed by atoms with E-state index in [0.717, 1.165) is 35.4 Å². The minimum Gasteiger partial charge on any atom is -0.383 e. The number of alkyl halides is 1. The zero-order valence-corrected chi connectivity index (χ0v) is 13.3. The second-order valence-corrected chi connectivity index (χ2v) is 5.03. The fourth-order valence-electron chi connectivity index (χ4n) is 2.27. The van der Waals surface area contributed by atoms with E-state index >= 15 is 0 Å². The van der Waals surface area contributed by atoms with Crippen molar-refractivity contribution in [3.63, 3.8) is 0 Å². The Hall–Kier alpha value is -1.36. The number of hydrogen-bond acceptors (Lipinski definition) is 4. The van der Waals surface area contributed by atoms with E-state index in [0.29, 0.717) is 19.1 Å². The average Bonchev–Trinajstić information content (AvgIpc) is 2.54. The van der Waals surface area contributed by atoms with Gasteiger partial charge in [-0.1, -0.05) is 24.3 Å². The minimum atomic E-state index is 0.403. The molecule has 2 rings (SSSR count). The van der Waals surface area contributed by atoms with Gasteiger partial charge in [-0.2, -0.15) is 0 Å². The number of nitrogens with zero attached hydrogens (tertiary/aromatic N) is 2. The number of fused-ring (bicyclic) bond motifs is 1. The molecule has 0 amide bonds. The molecular weight excluding hydrogens is 288 g/mol. The summed E-state index contributed by atoms with van der Waals surface area (Å²) in [5, 5.41) is 2.27. The van der Waals surface area contributed by atoms with E-state index < -0.39 is 0 Å². The molecule has 0 saturated carbocycles. The normalized spacial score (nSPS) is 11.0. The maximum absolute atomic E-state index is 5.98. The third-order valence-electron chi connectivity index (χ3n) is 3.34. The molecule has 0 aliphatic rings. The molecule has 114 valence electrons. The van der Waals surface area contributed by atoms with Crippen molar-refractivity contribution < 1.29 is 9.47 Å². The van der Waals surface area contributed by atoms with Crippen molar-refractivity contribution in [1.29, 1.82) is 0 Å². The molecular formula is C16H21ClN2O2. The molecule has 1 aromatic carbocycles. The molecule has 0 bridgehead atoms. The fourth-order valence-corrected chi connectivity index (χ4v) is 2.41. The molecule has 0 N–H and O–H groups in total. The molecule has 1 heterocycles. The van der Waals surface area contributed by atoms with E-state index in [1.807, 2.05) is 18.2 Å². The zero-order chi connectivity index (χ0) is 15.1. The smallest absolute Gasteiger partial charge is 0.136 e. The summed E-state index contributed by atoms with van der Waals surface area (Å²) in [7, 11) is 3.41. The minimum absolute atomic E-state index is 0.403. The molecule has 21 heavy (non-hydrogen) atoms. The van der Waals surface area contributed by atoms with Gasteiger partial charge in [0.15, 0.2) is 0 Å². The predicted octanol–water partition coefficient (Wildman–Crippen LogP) is 3.07. The molecule has 4 nitrogen and oxygen atoms in total. The van der Waals surface area contributed by atoms with Crippen molar-refractivity contribution in [2.45, 2.75) is 5.88 Å². The number of pyridine rings is 1. The molecule has 1 aromatic heterocycles. The van der Waals surface area contributed by atoms with Crippen LogP contribution < -0.4 is 4.90 Å². The van der Waals surface area contributed by atoms with Gasteiger partial charge in [0.2, 0.25) is 0 Å². The van der Waals surface area contributed by atoms with Crippen molar-refractivity contribution in [3.05, 3.63) is 36.0 Å². The first-order valence-corrected chi connectivity index (χ1v) is 7.51. The first kappa shape index (κ1) is 16.0. The van der Waals surface area contributed by atoms with Crippen molar-refractivity contribution in [2.75, 3.05) is 45.4 Å². The number of halogens is 1. The lowest BCUT2D eigenvalue weighted by Gasteiger charge is -2.25. The van der Waals surface area contributed by atoms with Crippen LogP contribution in [-0.2, 0) is 15.4 Å². The quantitative estimate of drug-likeness (QED) is 0.702. The third-order valence-corrected chi connectivity index (χ3v) is 3.61. The predicted molar refractivity (Wildman–Crippen MR) is 87.3 cm³/mol. The van der Waals surface area contributed by atoms with E-state index in [4.69, 9.17) is 26.1 Å². The van der Waals surface area contributed by atoms with Crippen LogP contribution in [0.15, 0.2) is 30.3 Å². The lowest BCUT2D eigenvalue weighted by Crippen LogP contribution is -2.31. The summed E-state index contributed by atoms with van der Waals surface area (Å²) in [4.78, 5) is 6.89. The van der Waals surface area contributed by atoms with Crippen molar-refractivity contribution in [3.8, 4) is 0 Å². The molecule has 0 saturated heterocycles. The maximum Gasteiger partial charge on any atom is 0.136 e. The number of aromatic nitrogens is 1. The largest absolute Gasteiger partial charge is 0.383 e. The Morgan fingerprint density at radius 1 is 1.10 bits per heavy atom. The summed E-state index contributed by atoms with van der Waals surface area (Å²) < 4.78 is 10.4. The summed E-state index contributed by atoms with van der Waals surface area (Å²) >= 11 is 5.98. The van der Waals surface area contributed by atoms with Gasteiger partial charge in [0.05, 0.1) is 24.8 Å². The van der Waals surface area contributed by atoms with Gasteiger partial charge in [-0.15, -0.1) is 11.6 Å². The standard InChI is InChI=1S/C16H21ClN2O2/c1-20-9-7-19(8-10-21-2)16-15-6-4-3-5-13(15)11-14(12-17)18-16/h3-6,11H,7-10,12H2,1-2H3. The highest BCUT2D eigenvalue weighted by atomic mass is 35.5. The molecule has 0 spiro atoms. The van der Waals surface area contributed by atoms with Crippen LogP contribution in [0.2, 0.25) is 0 Å². The number of hydrogen-bond donors (Lipinski definition) is 0. The van der Waals surface area contributed by atoms with Crippen LogP contribution in [0, 0.1) is 0 Å². The SMILES string of the molecule is COCCN(CCOC)c1nc(CCl)cc2ccccc12. The van der Waals surface area contributed by atoms with Gasteiger partial charge in [-0.3, -0.25) is 0 Å². The van der Waals surface area contributed by atoms with Crippen LogP contribution in [-0.4, -0.2) is 45.5 Å². The third kappa shape index (κ3) is 4.06.